The zero-order valence-electron chi connectivity index (χ0n) is 16.2. The van der Waals surface area contributed by atoms with Crippen molar-refractivity contribution in [2.75, 3.05) is 31.3 Å². The van der Waals surface area contributed by atoms with E-state index in [0.29, 0.717) is 17.6 Å². The fourth-order valence-electron chi connectivity index (χ4n) is 4.28. The third kappa shape index (κ3) is 4.50. The summed E-state index contributed by atoms with van der Waals surface area (Å²) in [4.78, 5) is 23.6. The van der Waals surface area contributed by atoms with Crippen LogP contribution in [0, 0.1) is 18.8 Å². The molecule has 0 bridgehead atoms. The summed E-state index contributed by atoms with van der Waals surface area (Å²) in [7, 11) is 1.78. The van der Waals surface area contributed by atoms with Crippen molar-refractivity contribution in [2.24, 2.45) is 11.8 Å². The molecule has 0 radical (unpaired) electrons. The molecule has 1 saturated heterocycles. The Labute approximate surface area is 174 Å². The number of nitrogens with zero attached hydrogens (tertiary/aromatic N) is 3. The number of carbonyl (C=O) groups is 1. The molecule has 3 heterocycles. The van der Waals surface area contributed by atoms with Gasteiger partial charge in [0.2, 0.25) is 5.91 Å². The van der Waals surface area contributed by atoms with Gasteiger partial charge in [-0.15, -0.1) is 11.3 Å². The van der Waals surface area contributed by atoms with E-state index >= 15 is 0 Å². The average molecular weight is 419 g/mol. The second-order valence-corrected chi connectivity index (χ2v) is 9.65. The van der Waals surface area contributed by atoms with Crippen molar-refractivity contribution in [1.82, 2.24) is 14.9 Å². The molecule has 1 saturated carbocycles. The van der Waals surface area contributed by atoms with E-state index in [1.165, 1.54) is 0 Å². The lowest BCUT2D eigenvalue weighted by Gasteiger charge is -2.37. The molecule has 2 aromatic rings. The molecule has 2 aromatic heterocycles. The number of thiazole rings is 1. The van der Waals surface area contributed by atoms with Gasteiger partial charge in [-0.1, -0.05) is 17.8 Å². The van der Waals surface area contributed by atoms with Gasteiger partial charge >= 0.3 is 0 Å². The number of rotatable bonds is 6. The van der Waals surface area contributed by atoms with E-state index in [4.69, 9.17) is 4.74 Å². The molecule has 28 heavy (non-hydrogen) atoms. The van der Waals surface area contributed by atoms with Gasteiger partial charge in [0.05, 0.1) is 17.9 Å². The van der Waals surface area contributed by atoms with Gasteiger partial charge in [-0.25, -0.2) is 9.97 Å². The van der Waals surface area contributed by atoms with Gasteiger partial charge in [0.25, 0.3) is 0 Å². The van der Waals surface area contributed by atoms with Crippen molar-refractivity contribution < 1.29 is 9.53 Å². The fraction of sp³-hybridized carbons (Fsp3) is 0.550. The van der Waals surface area contributed by atoms with Crippen LogP contribution in [-0.4, -0.2) is 58.9 Å². The van der Waals surface area contributed by atoms with Crippen LogP contribution in [0.25, 0.3) is 0 Å². The number of anilines is 1. The third-order valence-electron chi connectivity index (χ3n) is 5.69. The summed E-state index contributed by atoms with van der Waals surface area (Å²) in [6.45, 7) is 3.67. The molecule has 1 aliphatic heterocycles. The maximum Gasteiger partial charge on any atom is 0.233 e. The molecular weight excluding hydrogens is 392 g/mol. The molecule has 4 rings (SSSR count). The van der Waals surface area contributed by atoms with Crippen LogP contribution in [0.15, 0.2) is 34.1 Å². The summed E-state index contributed by atoms with van der Waals surface area (Å²) in [6, 6.07) is 6.12. The monoisotopic (exact) mass is 418 g/mol. The van der Waals surface area contributed by atoms with Gasteiger partial charge in [-0.05, 0) is 43.7 Å². The highest BCUT2D eigenvalue weighted by molar-refractivity contribution is 8.01. The Kier molecular flexibility index (Phi) is 6.18. The van der Waals surface area contributed by atoms with Crippen LogP contribution < -0.4 is 5.32 Å². The van der Waals surface area contributed by atoms with Gasteiger partial charge in [0, 0.05) is 37.5 Å². The largest absolute Gasteiger partial charge is 0.379 e. The standard InChI is InChI=1S/C20H26N4O2S2/c1-13-11-27-20(22-13)28-12-19(25)24-9-14-7-16(17(26-2)8-15(14)10-24)23-18-5-3-4-6-21-18/h3-6,11,14-17H,7-10,12H2,1-2H3,(H,21,23)/t14-,15+,16-,17-/m1/s1. The Morgan fingerprint density at radius 3 is 2.86 bits per heavy atom. The van der Waals surface area contributed by atoms with Crippen molar-refractivity contribution in [3.05, 3.63) is 35.5 Å². The van der Waals surface area contributed by atoms with Crippen molar-refractivity contribution >= 4 is 34.8 Å². The lowest BCUT2D eigenvalue weighted by molar-refractivity contribution is -0.127. The van der Waals surface area contributed by atoms with E-state index in [0.717, 1.165) is 41.8 Å². The van der Waals surface area contributed by atoms with E-state index in [-0.39, 0.29) is 18.1 Å². The van der Waals surface area contributed by atoms with Gasteiger partial charge in [-0.3, -0.25) is 4.79 Å². The predicted molar refractivity (Wildman–Crippen MR) is 113 cm³/mol. The molecule has 1 aliphatic carbocycles. The van der Waals surface area contributed by atoms with Crippen molar-refractivity contribution in [1.29, 1.82) is 0 Å². The molecule has 2 fully saturated rings. The molecule has 2 aliphatic rings. The first kappa shape index (κ1) is 19.7. The number of aryl methyl sites for hydroxylation is 1. The average Bonchev–Trinajstić information content (AvgIpc) is 3.31. The Balaban J connectivity index is 1.34. The summed E-state index contributed by atoms with van der Waals surface area (Å²) >= 11 is 3.16. The Bertz CT molecular complexity index is 801. The zero-order chi connectivity index (χ0) is 19.5. The van der Waals surface area contributed by atoms with E-state index in [9.17, 15) is 4.79 Å². The van der Waals surface area contributed by atoms with Crippen LogP contribution in [0.2, 0.25) is 0 Å². The quantitative estimate of drug-likeness (QED) is 0.726. The Hall–Kier alpha value is -1.64. The number of amides is 1. The number of hydrogen-bond donors (Lipinski definition) is 1. The number of thioether (sulfide) groups is 1. The van der Waals surface area contributed by atoms with E-state index < -0.39 is 0 Å². The molecule has 8 heteroatoms. The van der Waals surface area contributed by atoms with Crippen LogP contribution >= 0.6 is 23.1 Å². The number of carbonyl (C=O) groups excluding carboxylic acids is 1. The number of pyridine rings is 1. The Morgan fingerprint density at radius 2 is 2.18 bits per heavy atom. The van der Waals surface area contributed by atoms with Gasteiger partial charge in [0.15, 0.2) is 4.34 Å². The molecule has 0 aromatic carbocycles. The zero-order valence-corrected chi connectivity index (χ0v) is 17.8. The summed E-state index contributed by atoms with van der Waals surface area (Å²) in [5.41, 5.74) is 1.02. The highest BCUT2D eigenvalue weighted by Crippen LogP contribution is 2.38. The first-order chi connectivity index (χ1) is 13.6. The minimum atomic E-state index is 0.144. The maximum absolute atomic E-state index is 12.7. The number of hydrogen-bond acceptors (Lipinski definition) is 7. The van der Waals surface area contributed by atoms with Crippen LogP contribution in [-0.2, 0) is 9.53 Å². The fourth-order valence-corrected chi connectivity index (χ4v) is 6.03. The Morgan fingerprint density at radius 1 is 1.36 bits per heavy atom. The topological polar surface area (TPSA) is 67.3 Å². The number of fused-ring (bicyclic) bond motifs is 1. The second kappa shape index (κ2) is 8.80. The van der Waals surface area contributed by atoms with Gasteiger partial charge in [-0.2, -0.15) is 0 Å². The summed E-state index contributed by atoms with van der Waals surface area (Å²) in [6.07, 6.45) is 3.93. The minimum Gasteiger partial charge on any atom is -0.379 e. The van der Waals surface area contributed by atoms with Gasteiger partial charge in [0.1, 0.15) is 5.82 Å². The van der Waals surface area contributed by atoms with Gasteiger partial charge < -0.3 is 15.0 Å². The predicted octanol–water partition coefficient (Wildman–Crippen LogP) is 3.30. The summed E-state index contributed by atoms with van der Waals surface area (Å²) < 4.78 is 6.76. The molecule has 0 spiro atoms. The van der Waals surface area contributed by atoms with E-state index in [1.54, 1.807) is 36.4 Å². The number of methoxy groups -OCH3 is 1. The summed E-state index contributed by atoms with van der Waals surface area (Å²) in [5.74, 6) is 2.60. The minimum absolute atomic E-state index is 0.144. The number of nitrogens with one attached hydrogen (secondary N) is 1. The normalized spacial score (nSPS) is 26.9. The molecule has 1 N–H and O–H groups in total. The SMILES string of the molecule is CO[C@@H]1C[C@H]2CN(C(=O)CSc3nc(C)cs3)C[C@H]2C[C@H]1Nc1ccccn1. The first-order valence-electron chi connectivity index (χ1n) is 9.65. The number of likely N-dealkylation sites (tertiary alicyclic amines) is 1. The van der Waals surface area contributed by atoms with E-state index in [1.807, 2.05) is 35.4 Å². The van der Waals surface area contributed by atoms with Crippen LogP contribution in [0.3, 0.4) is 0 Å². The molecule has 1 amide bonds. The lowest BCUT2D eigenvalue weighted by atomic mass is 9.77. The molecule has 0 unspecified atom stereocenters. The first-order valence-corrected chi connectivity index (χ1v) is 11.5. The molecule has 6 nitrogen and oxygen atoms in total. The third-order valence-corrected chi connectivity index (χ3v) is 7.81. The highest BCUT2D eigenvalue weighted by Gasteiger charge is 2.43. The highest BCUT2D eigenvalue weighted by atomic mass is 32.2. The number of aromatic nitrogens is 2. The molecule has 4 atom stereocenters. The second-order valence-electron chi connectivity index (χ2n) is 7.57. The van der Waals surface area contributed by atoms with Crippen molar-refractivity contribution in [3.8, 4) is 0 Å². The van der Waals surface area contributed by atoms with Crippen molar-refractivity contribution in [2.45, 2.75) is 36.3 Å². The smallest absolute Gasteiger partial charge is 0.233 e. The van der Waals surface area contributed by atoms with Crippen LogP contribution in [0.4, 0.5) is 5.82 Å². The molecular formula is C20H26N4O2S2. The summed E-state index contributed by atoms with van der Waals surface area (Å²) in [5, 5.41) is 5.56. The number of ether oxygens (including phenoxy) is 1. The lowest BCUT2D eigenvalue weighted by Crippen LogP contribution is -2.44. The van der Waals surface area contributed by atoms with Crippen LogP contribution in [0.5, 0.6) is 0 Å². The maximum atomic E-state index is 12.7. The molecule has 150 valence electrons. The van der Waals surface area contributed by atoms with E-state index in [2.05, 4.69) is 15.3 Å². The van der Waals surface area contributed by atoms with Crippen molar-refractivity contribution in [3.63, 3.8) is 0 Å². The van der Waals surface area contributed by atoms with Crippen LogP contribution in [0.1, 0.15) is 18.5 Å².